The number of halogens is 2. The molecule has 4 rings (SSSR count). The van der Waals surface area contributed by atoms with Crippen molar-refractivity contribution in [1.29, 1.82) is 0 Å². The topological polar surface area (TPSA) is 95.7 Å². The number of carbonyl (C=O) groups is 3. The first-order valence-electron chi connectivity index (χ1n) is 11.9. The number of anilines is 1. The third-order valence-electron chi connectivity index (χ3n) is 6.79. The molecule has 0 bridgehead atoms. The molecule has 3 amide bonds. The lowest BCUT2D eigenvalue weighted by Crippen LogP contribution is -2.34. The number of fused-ring (bicyclic) bond motifs is 1. The first-order valence-corrected chi connectivity index (χ1v) is 12.3. The Morgan fingerprint density at radius 2 is 1.74 bits per heavy atom. The summed E-state index contributed by atoms with van der Waals surface area (Å²) in [6.07, 6.45) is 1.82. The van der Waals surface area contributed by atoms with Crippen LogP contribution in [0, 0.1) is 17.7 Å². The Kier molecular flexibility index (Phi) is 7.90. The smallest absolute Gasteiger partial charge is 0.258 e. The molecule has 2 saturated heterocycles. The van der Waals surface area contributed by atoms with Gasteiger partial charge in [-0.2, -0.15) is 0 Å². The minimum absolute atomic E-state index is 0.0391. The number of nitrogens with zero attached hydrogens (tertiary/aromatic N) is 2. The summed E-state index contributed by atoms with van der Waals surface area (Å²) in [7, 11) is 0. The van der Waals surface area contributed by atoms with E-state index >= 15 is 0 Å². The summed E-state index contributed by atoms with van der Waals surface area (Å²) in [5.41, 5.74) is 7.37. The fourth-order valence-corrected chi connectivity index (χ4v) is 5.23. The van der Waals surface area contributed by atoms with Crippen LogP contribution < -0.4 is 16.0 Å². The van der Waals surface area contributed by atoms with Gasteiger partial charge in [-0.05, 0) is 42.7 Å². The van der Waals surface area contributed by atoms with E-state index in [1.54, 1.807) is 11.0 Å². The second-order valence-electron chi connectivity index (χ2n) is 9.32. The van der Waals surface area contributed by atoms with Crippen molar-refractivity contribution in [3.05, 3.63) is 64.4 Å². The van der Waals surface area contributed by atoms with Gasteiger partial charge in [0.1, 0.15) is 5.82 Å². The second kappa shape index (κ2) is 11.1. The number of carbonyl (C=O) groups excluding carboxylic acids is 3. The van der Waals surface area contributed by atoms with E-state index in [4.69, 9.17) is 17.3 Å². The Hall–Kier alpha value is -3.13. The van der Waals surface area contributed by atoms with Crippen molar-refractivity contribution in [3.63, 3.8) is 0 Å². The zero-order chi connectivity index (χ0) is 24.9. The van der Waals surface area contributed by atoms with E-state index in [0.29, 0.717) is 31.5 Å². The Labute approximate surface area is 209 Å². The molecular formula is C26H30ClFN4O3. The molecule has 2 fully saturated rings. The van der Waals surface area contributed by atoms with E-state index < -0.39 is 11.7 Å². The molecule has 0 aliphatic carbocycles. The summed E-state index contributed by atoms with van der Waals surface area (Å²) < 4.78 is 14.2. The van der Waals surface area contributed by atoms with E-state index in [1.807, 2.05) is 6.07 Å². The molecule has 2 unspecified atom stereocenters. The molecule has 0 spiro atoms. The lowest BCUT2D eigenvalue weighted by Gasteiger charge is -2.24. The summed E-state index contributed by atoms with van der Waals surface area (Å²) in [5, 5.41) is 2.96. The number of primary amides is 1. The normalized spacial score (nSPS) is 19.0. The highest BCUT2D eigenvalue weighted by atomic mass is 35.5. The number of hydrogen-bond donors (Lipinski definition) is 2. The van der Waals surface area contributed by atoms with Crippen molar-refractivity contribution in [1.82, 2.24) is 10.2 Å². The SMILES string of the molecule is NC(=O)CCC(=O)NCCCc1cccc(N2CC3CN(C(=O)c4c(F)cccc4Cl)CC3C2)c1. The van der Waals surface area contributed by atoms with Gasteiger partial charge in [0.15, 0.2) is 0 Å². The van der Waals surface area contributed by atoms with Crippen LogP contribution in [0.4, 0.5) is 10.1 Å². The lowest BCUT2D eigenvalue weighted by molar-refractivity contribution is -0.125. The molecule has 9 heteroatoms. The van der Waals surface area contributed by atoms with Gasteiger partial charge in [-0.3, -0.25) is 14.4 Å². The first kappa shape index (κ1) is 25.0. The molecule has 0 saturated carbocycles. The molecule has 186 valence electrons. The van der Waals surface area contributed by atoms with Crippen LogP contribution in [0.5, 0.6) is 0 Å². The molecule has 2 aromatic carbocycles. The lowest BCUT2D eigenvalue weighted by atomic mass is 10.0. The van der Waals surface area contributed by atoms with Crippen molar-refractivity contribution in [2.75, 3.05) is 37.6 Å². The standard InChI is InChI=1S/C26H30ClFN4O3/c27-21-7-2-8-22(28)25(21)26(35)32-15-18-13-31(14-19(18)16-32)20-6-1-4-17(12-20)5-3-11-30-24(34)10-9-23(29)33/h1-2,4,6-8,12,18-19H,3,5,9-11,13-16H2,(H2,29,33)(H,30,34). The molecule has 2 aromatic rings. The summed E-state index contributed by atoms with van der Waals surface area (Å²) in [4.78, 5) is 39.4. The Balaban J connectivity index is 1.27. The highest BCUT2D eigenvalue weighted by Gasteiger charge is 2.42. The predicted molar refractivity (Wildman–Crippen MR) is 133 cm³/mol. The van der Waals surface area contributed by atoms with Gasteiger partial charge in [-0.15, -0.1) is 0 Å². The molecule has 0 radical (unpaired) electrons. The Morgan fingerprint density at radius 3 is 2.43 bits per heavy atom. The van der Waals surface area contributed by atoms with Gasteiger partial charge in [0, 0.05) is 63.1 Å². The van der Waals surface area contributed by atoms with Crippen molar-refractivity contribution in [2.24, 2.45) is 17.6 Å². The number of benzene rings is 2. The predicted octanol–water partition coefficient (Wildman–Crippen LogP) is 3.00. The Morgan fingerprint density at radius 1 is 1.03 bits per heavy atom. The number of likely N-dealkylation sites (tertiary alicyclic amines) is 1. The van der Waals surface area contributed by atoms with Gasteiger partial charge in [-0.1, -0.05) is 29.8 Å². The fourth-order valence-electron chi connectivity index (χ4n) is 4.98. The van der Waals surface area contributed by atoms with Crippen LogP contribution in [-0.4, -0.2) is 55.3 Å². The van der Waals surface area contributed by atoms with Crippen LogP contribution in [0.1, 0.15) is 35.2 Å². The summed E-state index contributed by atoms with van der Waals surface area (Å²) >= 11 is 6.09. The maximum atomic E-state index is 14.2. The fraction of sp³-hybridized carbons (Fsp3) is 0.423. The van der Waals surface area contributed by atoms with E-state index in [-0.39, 0.29) is 35.2 Å². The monoisotopic (exact) mass is 500 g/mol. The first-order chi connectivity index (χ1) is 16.8. The van der Waals surface area contributed by atoms with Gasteiger partial charge < -0.3 is 20.9 Å². The molecule has 2 atom stereocenters. The van der Waals surface area contributed by atoms with Crippen molar-refractivity contribution < 1.29 is 18.8 Å². The number of aryl methyl sites for hydroxylation is 1. The van der Waals surface area contributed by atoms with Crippen LogP contribution in [0.2, 0.25) is 5.02 Å². The van der Waals surface area contributed by atoms with Crippen LogP contribution >= 0.6 is 11.6 Å². The number of amides is 3. The molecule has 2 aliphatic heterocycles. The van der Waals surface area contributed by atoms with E-state index in [1.165, 1.54) is 17.7 Å². The molecule has 35 heavy (non-hydrogen) atoms. The van der Waals surface area contributed by atoms with Crippen LogP contribution in [0.15, 0.2) is 42.5 Å². The van der Waals surface area contributed by atoms with Crippen molar-refractivity contribution >= 4 is 35.0 Å². The molecule has 7 nitrogen and oxygen atoms in total. The zero-order valence-corrected chi connectivity index (χ0v) is 20.3. The quantitative estimate of drug-likeness (QED) is 0.517. The van der Waals surface area contributed by atoms with Gasteiger partial charge in [0.2, 0.25) is 11.8 Å². The van der Waals surface area contributed by atoms with Gasteiger partial charge in [0.05, 0.1) is 10.6 Å². The molecular weight excluding hydrogens is 471 g/mol. The minimum atomic E-state index is -0.580. The summed E-state index contributed by atoms with van der Waals surface area (Å²) in [6, 6.07) is 12.7. The second-order valence-corrected chi connectivity index (χ2v) is 9.73. The van der Waals surface area contributed by atoms with E-state index in [0.717, 1.165) is 31.6 Å². The van der Waals surface area contributed by atoms with Gasteiger partial charge in [0.25, 0.3) is 5.91 Å². The summed E-state index contributed by atoms with van der Waals surface area (Å²) in [6.45, 7) is 3.43. The number of nitrogens with one attached hydrogen (secondary N) is 1. The minimum Gasteiger partial charge on any atom is -0.371 e. The zero-order valence-electron chi connectivity index (χ0n) is 19.5. The highest BCUT2D eigenvalue weighted by Crippen LogP contribution is 2.35. The van der Waals surface area contributed by atoms with E-state index in [9.17, 15) is 18.8 Å². The number of rotatable bonds is 9. The summed E-state index contributed by atoms with van der Waals surface area (Å²) in [5.74, 6) is -0.878. The number of nitrogens with two attached hydrogens (primary N) is 1. The van der Waals surface area contributed by atoms with Crippen LogP contribution in [-0.2, 0) is 16.0 Å². The molecule has 2 heterocycles. The van der Waals surface area contributed by atoms with Gasteiger partial charge in [-0.25, -0.2) is 4.39 Å². The molecule has 3 N–H and O–H groups in total. The third-order valence-corrected chi connectivity index (χ3v) is 7.10. The number of hydrogen-bond acceptors (Lipinski definition) is 4. The highest BCUT2D eigenvalue weighted by molar-refractivity contribution is 6.33. The largest absolute Gasteiger partial charge is 0.371 e. The average Bonchev–Trinajstić information content (AvgIpc) is 3.40. The van der Waals surface area contributed by atoms with Crippen molar-refractivity contribution in [2.45, 2.75) is 25.7 Å². The maximum absolute atomic E-state index is 14.2. The van der Waals surface area contributed by atoms with Gasteiger partial charge >= 0.3 is 0 Å². The molecule has 2 aliphatic rings. The maximum Gasteiger partial charge on any atom is 0.258 e. The molecule has 0 aromatic heterocycles. The van der Waals surface area contributed by atoms with Crippen LogP contribution in [0.3, 0.4) is 0 Å². The third kappa shape index (κ3) is 6.11. The van der Waals surface area contributed by atoms with Crippen molar-refractivity contribution in [3.8, 4) is 0 Å². The average molecular weight is 501 g/mol. The Bertz CT molecular complexity index is 1080. The van der Waals surface area contributed by atoms with E-state index in [2.05, 4.69) is 28.4 Å². The van der Waals surface area contributed by atoms with Crippen LogP contribution in [0.25, 0.3) is 0 Å².